The number of carbonyl (C=O) groups is 1. The number of aromatic amines is 1. The highest BCUT2D eigenvalue weighted by Gasteiger charge is 2.19. The van der Waals surface area contributed by atoms with E-state index in [1.54, 1.807) is 13.3 Å². The minimum atomic E-state index is -0.118. The van der Waals surface area contributed by atoms with Crippen LogP contribution in [0.5, 0.6) is 0 Å². The fourth-order valence-electron chi connectivity index (χ4n) is 2.09. The first-order chi connectivity index (χ1) is 9.78. The molecule has 1 aliphatic rings. The van der Waals surface area contributed by atoms with Gasteiger partial charge < -0.3 is 14.6 Å². The number of hydrogen-bond donors (Lipinski definition) is 2. The van der Waals surface area contributed by atoms with E-state index in [0.29, 0.717) is 25.3 Å². The van der Waals surface area contributed by atoms with E-state index in [1.165, 1.54) is 0 Å². The van der Waals surface area contributed by atoms with Gasteiger partial charge in [-0.05, 0) is 0 Å². The summed E-state index contributed by atoms with van der Waals surface area (Å²) >= 11 is 0. The molecule has 0 radical (unpaired) electrons. The van der Waals surface area contributed by atoms with Crippen LogP contribution in [0.15, 0.2) is 6.33 Å². The Balaban J connectivity index is 1.99. The maximum atomic E-state index is 11.5. The van der Waals surface area contributed by atoms with Gasteiger partial charge in [0.05, 0.1) is 19.5 Å². The molecule has 0 unspecified atom stereocenters. The minimum absolute atomic E-state index is 0.118. The van der Waals surface area contributed by atoms with E-state index >= 15 is 0 Å². The van der Waals surface area contributed by atoms with Crippen molar-refractivity contribution in [2.24, 2.45) is 0 Å². The zero-order chi connectivity index (χ0) is 13.9. The van der Waals surface area contributed by atoms with E-state index in [4.69, 9.17) is 4.74 Å². The fraction of sp³-hybridized carbons (Fsp3) is 0.500. The van der Waals surface area contributed by atoms with Gasteiger partial charge in [-0.15, -0.1) is 0 Å². The molecule has 8 nitrogen and oxygen atoms in total. The number of morpholine rings is 1. The molecule has 0 atom stereocenters. The third kappa shape index (κ3) is 2.42. The van der Waals surface area contributed by atoms with Crippen LogP contribution in [0.4, 0.5) is 11.8 Å². The van der Waals surface area contributed by atoms with Crippen LogP contribution >= 0.6 is 0 Å². The Bertz CT molecular complexity index is 619. The van der Waals surface area contributed by atoms with Crippen LogP contribution in [0.3, 0.4) is 0 Å². The highest BCUT2D eigenvalue weighted by molar-refractivity contribution is 5.91. The lowest BCUT2D eigenvalue weighted by atomic mass is 10.3. The summed E-state index contributed by atoms with van der Waals surface area (Å²) in [6, 6.07) is 0. The number of rotatable bonds is 3. The van der Waals surface area contributed by atoms with Crippen molar-refractivity contribution in [2.75, 3.05) is 36.5 Å². The van der Waals surface area contributed by atoms with Gasteiger partial charge >= 0.3 is 0 Å². The number of nitrogens with one attached hydrogen (secondary N) is 2. The van der Waals surface area contributed by atoms with E-state index in [-0.39, 0.29) is 11.9 Å². The van der Waals surface area contributed by atoms with Gasteiger partial charge in [0.15, 0.2) is 11.5 Å². The second-order valence-corrected chi connectivity index (χ2v) is 4.47. The molecule has 20 heavy (non-hydrogen) atoms. The number of carbonyl (C=O) groups excluding carboxylic acids is 1. The van der Waals surface area contributed by atoms with Crippen molar-refractivity contribution in [2.45, 2.75) is 13.3 Å². The molecule has 3 rings (SSSR count). The molecule has 2 N–H and O–H groups in total. The summed E-state index contributed by atoms with van der Waals surface area (Å²) in [4.78, 5) is 29.5. The first-order valence-electron chi connectivity index (χ1n) is 6.61. The molecule has 1 aliphatic heterocycles. The summed E-state index contributed by atoms with van der Waals surface area (Å²) in [7, 11) is 0. The van der Waals surface area contributed by atoms with Crippen molar-refractivity contribution < 1.29 is 9.53 Å². The molecule has 0 spiro atoms. The zero-order valence-corrected chi connectivity index (χ0v) is 11.2. The predicted octanol–water partition coefficient (Wildman–Crippen LogP) is 0.538. The molecular formula is C12H16N6O2. The molecule has 8 heteroatoms. The predicted molar refractivity (Wildman–Crippen MR) is 73.6 cm³/mol. The quantitative estimate of drug-likeness (QED) is 0.849. The lowest BCUT2D eigenvalue weighted by molar-refractivity contribution is -0.115. The van der Waals surface area contributed by atoms with Crippen LogP contribution in [-0.4, -0.2) is 52.1 Å². The maximum Gasteiger partial charge on any atom is 0.233 e. The van der Waals surface area contributed by atoms with E-state index in [0.717, 1.165) is 24.4 Å². The van der Waals surface area contributed by atoms with E-state index in [9.17, 15) is 4.79 Å². The Morgan fingerprint density at radius 3 is 3.00 bits per heavy atom. The first-order valence-corrected chi connectivity index (χ1v) is 6.61. The SMILES string of the molecule is CCC(=O)Nc1nc(N2CCOCC2)c2[nH]cnc2n1. The second kappa shape index (κ2) is 5.41. The minimum Gasteiger partial charge on any atom is -0.378 e. The number of anilines is 2. The molecule has 106 valence electrons. The number of aromatic nitrogens is 4. The number of H-pyrrole nitrogens is 1. The summed E-state index contributed by atoms with van der Waals surface area (Å²) in [6.07, 6.45) is 1.96. The topological polar surface area (TPSA) is 96.0 Å². The summed E-state index contributed by atoms with van der Waals surface area (Å²) in [5.41, 5.74) is 1.33. The fourth-order valence-corrected chi connectivity index (χ4v) is 2.09. The van der Waals surface area contributed by atoms with Crippen molar-refractivity contribution in [3.8, 4) is 0 Å². The van der Waals surface area contributed by atoms with E-state index in [2.05, 4.69) is 30.2 Å². The van der Waals surface area contributed by atoms with Gasteiger partial charge in [0.25, 0.3) is 0 Å². The van der Waals surface area contributed by atoms with Crippen LogP contribution in [0.2, 0.25) is 0 Å². The van der Waals surface area contributed by atoms with Crippen LogP contribution in [0.1, 0.15) is 13.3 Å². The molecule has 0 aromatic carbocycles. The maximum absolute atomic E-state index is 11.5. The molecule has 3 heterocycles. The molecular weight excluding hydrogens is 260 g/mol. The highest BCUT2D eigenvalue weighted by Crippen LogP contribution is 2.23. The van der Waals surface area contributed by atoms with Gasteiger partial charge in [0.2, 0.25) is 11.9 Å². The standard InChI is InChI=1S/C12H16N6O2/c1-2-8(19)15-12-16-10-9(13-7-14-10)11(17-12)18-3-5-20-6-4-18/h7H,2-6H2,1H3,(H2,13,14,15,16,17,19). The third-order valence-corrected chi connectivity index (χ3v) is 3.15. The monoisotopic (exact) mass is 276 g/mol. The average Bonchev–Trinajstić information content (AvgIpc) is 2.95. The van der Waals surface area contributed by atoms with Gasteiger partial charge in [-0.25, -0.2) is 4.98 Å². The molecule has 1 fully saturated rings. The van der Waals surface area contributed by atoms with Gasteiger partial charge in [0, 0.05) is 19.5 Å². The molecule has 2 aromatic heterocycles. The Morgan fingerprint density at radius 1 is 1.45 bits per heavy atom. The molecule has 1 saturated heterocycles. The van der Waals surface area contributed by atoms with E-state index < -0.39 is 0 Å². The molecule has 1 amide bonds. The Hall–Kier alpha value is -2.22. The highest BCUT2D eigenvalue weighted by atomic mass is 16.5. The Morgan fingerprint density at radius 2 is 2.25 bits per heavy atom. The zero-order valence-electron chi connectivity index (χ0n) is 11.2. The van der Waals surface area contributed by atoms with Crippen LogP contribution in [0.25, 0.3) is 11.2 Å². The van der Waals surface area contributed by atoms with Crippen molar-refractivity contribution in [1.82, 2.24) is 19.9 Å². The molecule has 0 bridgehead atoms. The normalized spacial score (nSPS) is 15.6. The number of imidazole rings is 1. The van der Waals surface area contributed by atoms with E-state index in [1.807, 2.05) is 0 Å². The van der Waals surface area contributed by atoms with Crippen molar-refractivity contribution in [1.29, 1.82) is 0 Å². The van der Waals surface area contributed by atoms with Crippen LogP contribution in [0, 0.1) is 0 Å². The van der Waals surface area contributed by atoms with Crippen LogP contribution < -0.4 is 10.2 Å². The summed E-state index contributed by atoms with van der Waals surface area (Å²) < 4.78 is 5.35. The first kappa shape index (κ1) is 12.8. The van der Waals surface area contributed by atoms with Crippen molar-refractivity contribution in [3.05, 3.63) is 6.33 Å². The number of ether oxygens (including phenoxy) is 1. The average molecular weight is 276 g/mol. The smallest absolute Gasteiger partial charge is 0.233 e. The molecule has 0 saturated carbocycles. The van der Waals surface area contributed by atoms with Gasteiger partial charge in [-0.3, -0.25) is 10.1 Å². The number of amides is 1. The Kier molecular flexibility index (Phi) is 3.46. The third-order valence-electron chi connectivity index (χ3n) is 3.15. The van der Waals surface area contributed by atoms with Gasteiger partial charge in [-0.2, -0.15) is 9.97 Å². The van der Waals surface area contributed by atoms with Crippen molar-refractivity contribution in [3.63, 3.8) is 0 Å². The summed E-state index contributed by atoms with van der Waals surface area (Å²) in [5, 5.41) is 2.68. The van der Waals surface area contributed by atoms with Gasteiger partial charge in [0.1, 0.15) is 5.52 Å². The molecule has 0 aliphatic carbocycles. The lowest BCUT2D eigenvalue weighted by Gasteiger charge is -2.28. The lowest BCUT2D eigenvalue weighted by Crippen LogP contribution is -2.37. The molecule has 2 aromatic rings. The summed E-state index contributed by atoms with van der Waals surface area (Å²) in [5.74, 6) is 0.924. The number of fused-ring (bicyclic) bond motifs is 1. The van der Waals surface area contributed by atoms with Gasteiger partial charge in [-0.1, -0.05) is 6.92 Å². The Labute approximate surface area is 115 Å². The van der Waals surface area contributed by atoms with Crippen LogP contribution in [-0.2, 0) is 9.53 Å². The number of nitrogens with zero attached hydrogens (tertiary/aromatic N) is 4. The number of hydrogen-bond acceptors (Lipinski definition) is 6. The van der Waals surface area contributed by atoms with Crippen molar-refractivity contribution >= 4 is 28.8 Å². The summed E-state index contributed by atoms with van der Waals surface area (Å²) in [6.45, 7) is 4.62. The largest absolute Gasteiger partial charge is 0.378 e. The second-order valence-electron chi connectivity index (χ2n) is 4.47.